The monoisotopic (exact) mass is 154 g/mol. The Hall–Kier alpha value is 0.0649. The molecule has 0 saturated heterocycles. The molecule has 0 fully saturated rings. The van der Waals surface area contributed by atoms with Gasteiger partial charge in [-0.15, -0.1) is 0 Å². The minimum Gasteiger partial charge on any atom is -0.0672 e. The van der Waals surface area contributed by atoms with Gasteiger partial charge in [0.15, 0.2) is 0 Å². The van der Waals surface area contributed by atoms with Crippen LogP contribution in [-0.2, 0) is 0 Å². The predicted octanol–water partition coefficient (Wildman–Crippen LogP) is 2.89. The summed E-state index contributed by atoms with van der Waals surface area (Å²) in [5, 5.41) is 0. The Bertz CT molecular complexity index is 88.9. The molecule has 66 valence electrons. The number of hydrogen-bond donors (Lipinski definition) is 0. The van der Waals surface area contributed by atoms with Gasteiger partial charge in [-0.1, -0.05) is 46.4 Å². The molecular weight excluding hydrogens is 131 g/mol. The SMILES string of the molecule is BC(CCC)C(C)CC(C)C. The van der Waals surface area contributed by atoms with Crippen LogP contribution in [0.2, 0.25) is 5.82 Å². The van der Waals surface area contributed by atoms with Gasteiger partial charge in [-0.05, 0) is 18.3 Å². The van der Waals surface area contributed by atoms with Gasteiger partial charge in [-0.25, -0.2) is 0 Å². The molecule has 0 aliphatic heterocycles. The van der Waals surface area contributed by atoms with Crippen molar-refractivity contribution in [2.24, 2.45) is 11.8 Å². The lowest BCUT2D eigenvalue weighted by Gasteiger charge is -2.20. The smallest absolute Gasteiger partial charge is 0.0672 e. The molecule has 11 heavy (non-hydrogen) atoms. The molecule has 0 nitrogen and oxygen atoms in total. The lowest BCUT2D eigenvalue weighted by molar-refractivity contribution is 0.404. The van der Waals surface area contributed by atoms with E-state index in [1.807, 2.05) is 0 Å². The lowest BCUT2D eigenvalue weighted by atomic mass is 9.72. The molecule has 0 aromatic heterocycles. The lowest BCUT2D eigenvalue weighted by Crippen LogP contribution is -2.08. The maximum atomic E-state index is 2.39. The van der Waals surface area contributed by atoms with Crippen molar-refractivity contribution in [2.45, 2.75) is 52.8 Å². The van der Waals surface area contributed by atoms with E-state index in [1.54, 1.807) is 0 Å². The van der Waals surface area contributed by atoms with E-state index < -0.39 is 0 Å². The fourth-order valence-corrected chi connectivity index (χ4v) is 1.72. The van der Waals surface area contributed by atoms with Gasteiger partial charge in [0, 0.05) is 0 Å². The van der Waals surface area contributed by atoms with Crippen molar-refractivity contribution in [3.8, 4) is 0 Å². The van der Waals surface area contributed by atoms with E-state index in [-0.39, 0.29) is 0 Å². The molecule has 0 aromatic carbocycles. The topological polar surface area (TPSA) is 0 Å². The Kier molecular flexibility index (Phi) is 5.72. The first-order chi connectivity index (χ1) is 5.07. The number of hydrogen-bond acceptors (Lipinski definition) is 0. The highest BCUT2D eigenvalue weighted by Crippen LogP contribution is 2.25. The first-order valence-corrected chi connectivity index (χ1v) is 5.07. The average molecular weight is 154 g/mol. The Morgan fingerprint density at radius 2 is 1.73 bits per heavy atom. The molecule has 0 saturated carbocycles. The second kappa shape index (κ2) is 5.68. The maximum Gasteiger partial charge on any atom is 0.105 e. The van der Waals surface area contributed by atoms with Crippen LogP contribution < -0.4 is 0 Å². The second-order valence-electron chi connectivity index (χ2n) is 4.37. The molecule has 0 N–H and O–H groups in total. The van der Waals surface area contributed by atoms with Crippen LogP contribution in [0, 0.1) is 11.8 Å². The Balaban J connectivity index is 3.54. The number of rotatable bonds is 5. The highest BCUT2D eigenvalue weighted by atomic mass is 14.1. The zero-order valence-corrected chi connectivity index (χ0v) is 8.85. The van der Waals surface area contributed by atoms with Gasteiger partial charge in [0.05, 0.1) is 0 Å². The highest BCUT2D eigenvalue weighted by molar-refractivity contribution is 6.11. The molecular formula is C10H23B. The Morgan fingerprint density at radius 1 is 1.18 bits per heavy atom. The van der Waals surface area contributed by atoms with Crippen molar-refractivity contribution in [2.75, 3.05) is 0 Å². The third kappa shape index (κ3) is 5.35. The van der Waals surface area contributed by atoms with Gasteiger partial charge in [-0.3, -0.25) is 0 Å². The molecule has 0 aliphatic carbocycles. The van der Waals surface area contributed by atoms with Gasteiger partial charge < -0.3 is 0 Å². The zero-order chi connectivity index (χ0) is 8.85. The summed E-state index contributed by atoms with van der Waals surface area (Å²) in [5.41, 5.74) is 0. The fraction of sp³-hybridized carbons (Fsp3) is 1.00. The van der Waals surface area contributed by atoms with Gasteiger partial charge in [0.2, 0.25) is 0 Å². The summed E-state index contributed by atoms with van der Waals surface area (Å²) in [6.45, 7) is 9.29. The van der Waals surface area contributed by atoms with Gasteiger partial charge in [-0.2, -0.15) is 0 Å². The van der Waals surface area contributed by atoms with Crippen LogP contribution in [0.25, 0.3) is 0 Å². The summed E-state index contributed by atoms with van der Waals surface area (Å²) < 4.78 is 0. The average Bonchev–Trinajstić information content (AvgIpc) is 1.86. The van der Waals surface area contributed by atoms with E-state index in [0.29, 0.717) is 0 Å². The molecule has 0 spiro atoms. The molecule has 0 aliphatic rings. The summed E-state index contributed by atoms with van der Waals surface area (Å²) in [6.07, 6.45) is 4.12. The largest absolute Gasteiger partial charge is 0.105 e. The molecule has 2 unspecified atom stereocenters. The third-order valence-corrected chi connectivity index (χ3v) is 2.56. The minimum absolute atomic E-state index is 0.865. The van der Waals surface area contributed by atoms with Crippen LogP contribution in [0.1, 0.15) is 47.0 Å². The Labute approximate surface area is 73.2 Å². The molecule has 0 rings (SSSR count). The maximum absolute atomic E-state index is 2.39. The Morgan fingerprint density at radius 3 is 2.09 bits per heavy atom. The van der Waals surface area contributed by atoms with Crippen LogP contribution in [0.5, 0.6) is 0 Å². The summed E-state index contributed by atoms with van der Waals surface area (Å²) >= 11 is 0. The van der Waals surface area contributed by atoms with Crippen LogP contribution in [0.15, 0.2) is 0 Å². The van der Waals surface area contributed by atoms with Crippen molar-refractivity contribution < 1.29 is 0 Å². The van der Waals surface area contributed by atoms with E-state index in [4.69, 9.17) is 0 Å². The molecule has 0 bridgehead atoms. The van der Waals surface area contributed by atoms with Crippen LogP contribution in [-0.4, -0.2) is 7.85 Å². The molecule has 0 amide bonds. The third-order valence-electron chi connectivity index (χ3n) is 2.56. The first-order valence-electron chi connectivity index (χ1n) is 5.07. The fourth-order valence-electron chi connectivity index (χ4n) is 1.72. The summed E-state index contributed by atoms with van der Waals surface area (Å²) in [7, 11) is 2.39. The van der Waals surface area contributed by atoms with E-state index in [9.17, 15) is 0 Å². The quantitative estimate of drug-likeness (QED) is 0.534. The van der Waals surface area contributed by atoms with Crippen LogP contribution >= 0.6 is 0 Å². The van der Waals surface area contributed by atoms with Gasteiger partial charge in [0.1, 0.15) is 7.85 Å². The first kappa shape index (κ1) is 11.1. The van der Waals surface area contributed by atoms with Crippen molar-refractivity contribution in [3.05, 3.63) is 0 Å². The highest BCUT2D eigenvalue weighted by Gasteiger charge is 2.12. The summed E-state index contributed by atoms with van der Waals surface area (Å²) in [4.78, 5) is 0. The van der Waals surface area contributed by atoms with Gasteiger partial charge >= 0.3 is 0 Å². The predicted molar refractivity (Wildman–Crippen MR) is 55.8 cm³/mol. The normalized spacial score (nSPS) is 16.8. The zero-order valence-electron chi connectivity index (χ0n) is 8.85. The van der Waals surface area contributed by atoms with Crippen molar-refractivity contribution in [1.29, 1.82) is 0 Å². The molecule has 0 heterocycles. The molecule has 1 heteroatoms. The summed E-state index contributed by atoms with van der Waals surface area (Å²) in [6, 6.07) is 0. The van der Waals surface area contributed by atoms with Crippen LogP contribution in [0.3, 0.4) is 0 Å². The molecule has 0 radical (unpaired) electrons. The summed E-state index contributed by atoms with van der Waals surface area (Å²) in [5.74, 6) is 2.70. The molecule has 0 aromatic rings. The van der Waals surface area contributed by atoms with E-state index in [2.05, 4.69) is 35.5 Å². The van der Waals surface area contributed by atoms with E-state index >= 15 is 0 Å². The minimum atomic E-state index is 0.865. The van der Waals surface area contributed by atoms with Crippen molar-refractivity contribution in [3.63, 3.8) is 0 Å². The van der Waals surface area contributed by atoms with Crippen molar-refractivity contribution in [1.82, 2.24) is 0 Å². The standard InChI is InChI=1S/C10H23B/c1-5-6-10(11)9(4)7-8(2)3/h8-10H,5-7,11H2,1-4H3. The van der Waals surface area contributed by atoms with Crippen LogP contribution in [0.4, 0.5) is 0 Å². The second-order valence-corrected chi connectivity index (χ2v) is 4.37. The van der Waals surface area contributed by atoms with Crippen molar-refractivity contribution >= 4 is 7.85 Å². The van der Waals surface area contributed by atoms with E-state index in [0.717, 1.165) is 17.7 Å². The van der Waals surface area contributed by atoms with E-state index in [1.165, 1.54) is 19.3 Å². The molecule has 2 atom stereocenters. The van der Waals surface area contributed by atoms with Gasteiger partial charge in [0.25, 0.3) is 0 Å².